The molecule has 0 aliphatic carbocycles. The average Bonchev–Trinajstić information content (AvgIpc) is 2.47. The summed E-state index contributed by atoms with van der Waals surface area (Å²) in [7, 11) is 1.88. The molecule has 1 N–H and O–H groups in total. The lowest BCUT2D eigenvalue weighted by molar-refractivity contribution is 0.128. The van der Waals surface area contributed by atoms with E-state index in [1.165, 1.54) is 0 Å². The number of ether oxygens (including phenoxy) is 1. The van der Waals surface area contributed by atoms with Crippen LogP contribution in [0.4, 0.5) is 11.6 Å². The molecule has 2 heterocycles. The first-order valence-electron chi connectivity index (χ1n) is 7.17. The van der Waals surface area contributed by atoms with E-state index in [1.807, 2.05) is 31.8 Å². The Hall–Kier alpha value is -1.01. The van der Waals surface area contributed by atoms with Gasteiger partial charge in [0.2, 0.25) is 0 Å². The molecule has 1 fully saturated rings. The first kappa shape index (κ1) is 15.4. The standard InChI is InChI=1S/C14H24N4OS/c1-5-19-9-13-16-12(15-4)8-14(17-13)18-6-7-20-11(3)10(18)2/h8,10-11H,5-7,9H2,1-4H3,(H,15,16,17). The van der Waals surface area contributed by atoms with Crippen molar-refractivity contribution in [1.82, 2.24) is 9.97 Å². The van der Waals surface area contributed by atoms with Crippen LogP contribution in [0.3, 0.4) is 0 Å². The lowest BCUT2D eigenvalue weighted by Crippen LogP contribution is -2.45. The van der Waals surface area contributed by atoms with Gasteiger partial charge in [-0.05, 0) is 13.8 Å². The highest BCUT2D eigenvalue weighted by Gasteiger charge is 2.26. The van der Waals surface area contributed by atoms with Crippen molar-refractivity contribution in [3.8, 4) is 0 Å². The van der Waals surface area contributed by atoms with Gasteiger partial charge in [-0.1, -0.05) is 6.92 Å². The summed E-state index contributed by atoms with van der Waals surface area (Å²) in [5.41, 5.74) is 0. The van der Waals surface area contributed by atoms with Gasteiger partial charge < -0.3 is 15.0 Å². The van der Waals surface area contributed by atoms with Gasteiger partial charge in [0.1, 0.15) is 18.2 Å². The fraction of sp³-hybridized carbons (Fsp3) is 0.714. The van der Waals surface area contributed by atoms with Crippen LogP contribution in [0.15, 0.2) is 6.07 Å². The van der Waals surface area contributed by atoms with E-state index < -0.39 is 0 Å². The highest BCUT2D eigenvalue weighted by molar-refractivity contribution is 8.00. The van der Waals surface area contributed by atoms with Crippen LogP contribution >= 0.6 is 11.8 Å². The molecule has 1 aliphatic heterocycles. The Morgan fingerprint density at radius 1 is 1.45 bits per heavy atom. The van der Waals surface area contributed by atoms with Gasteiger partial charge in [0.05, 0.1) is 0 Å². The van der Waals surface area contributed by atoms with E-state index in [2.05, 4.69) is 34.0 Å². The highest BCUT2D eigenvalue weighted by Crippen LogP contribution is 2.28. The van der Waals surface area contributed by atoms with Gasteiger partial charge in [0.25, 0.3) is 0 Å². The Bertz CT molecular complexity index is 443. The monoisotopic (exact) mass is 296 g/mol. The molecule has 1 aromatic heterocycles. The van der Waals surface area contributed by atoms with Crippen LogP contribution in [0, 0.1) is 0 Å². The topological polar surface area (TPSA) is 50.3 Å². The number of aromatic nitrogens is 2. The lowest BCUT2D eigenvalue weighted by Gasteiger charge is -2.38. The predicted molar refractivity (Wildman–Crippen MR) is 85.6 cm³/mol. The zero-order valence-corrected chi connectivity index (χ0v) is 13.5. The molecule has 20 heavy (non-hydrogen) atoms. The van der Waals surface area contributed by atoms with E-state index in [9.17, 15) is 0 Å². The molecule has 1 saturated heterocycles. The summed E-state index contributed by atoms with van der Waals surface area (Å²) in [6.07, 6.45) is 0. The summed E-state index contributed by atoms with van der Waals surface area (Å²) < 4.78 is 5.43. The molecule has 1 aliphatic rings. The summed E-state index contributed by atoms with van der Waals surface area (Å²) >= 11 is 2.03. The van der Waals surface area contributed by atoms with E-state index >= 15 is 0 Å². The van der Waals surface area contributed by atoms with Gasteiger partial charge in [-0.15, -0.1) is 0 Å². The summed E-state index contributed by atoms with van der Waals surface area (Å²) in [4.78, 5) is 11.5. The normalized spacial score (nSPS) is 22.9. The molecule has 0 amide bonds. The molecule has 6 heteroatoms. The van der Waals surface area contributed by atoms with Gasteiger partial charge in [-0.3, -0.25) is 0 Å². The first-order chi connectivity index (χ1) is 9.65. The largest absolute Gasteiger partial charge is 0.374 e. The summed E-state index contributed by atoms with van der Waals surface area (Å²) in [5, 5.41) is 3.73. The zero-order chi connectivity index (χ0) is 14.5. The molecule has 0 radical (unpaired) electrons. The number of nitrogens with zero attached hydrogens (tertiary/aromatic N) is 3. The summed E-state index contributed by atoms with van der Waals surface area (Å²) in [5.74, 6) is 3.74. The van der Waals surface area contributed by atoms with Crippen molar-refractivity contribution < 1.29 is 4.74 Å². The maximum absolute atomic E-state index is 5.43. The maximum atomic E-state index is 5.43. The van der Waals surface area contributed by atoms with Crippen LogP contribution in [-0.2, 0) is 11.3 Å². The van der Waals surface area contributed by atoms with Crippen LogP contribution in [0.5, 0.6) is 0 Å². The molecular formula is C14H24N4OS. The number of hydrogen-bond acceptors (Lipinski definition) is 6. The van der Waals surface area contributed by atoms with Crippen molar-refractivity contribution in [2.24, 2.45) is 0 Å². The third-order valence-corrected chi connectivity index (χ3v) is 4.97. The van der Waals surface area contributed by atoms with Crippen molar-refractivity contribution >= 4 is 23.4 Å². The molecule has 2 rings (SSSR count). The van der Waals surface area contributed by atoms with Gasteiger partial charge in [0, 0.05) is 43.3 Å². The fourth-order valence-corrected chi connectivity index (χ4v) is 3.37. The van der Waals surface area contributed by atoms with Gasteiger partial charge in [-0.2, -0.15) is 11.8 Å². The van der Waals surface area contributed by atoms with E-state index in [-0.39, 0.29) is 0 Å². The number of nitrogens with one attached hydrogen (secondary N) is 1. The molecule has 1 aromatic rings. The van der Waals surface area contributed by atoms with Crippen molar-refractivity contribution in [1.29, 1.82) is 0 Å². The third kappa shape index (κ3) is 3.55. The Morgan fingerprint density at radius 3 is 2.95 bits per heavy atom. The zero-order valence-electron chi connectivity index (χ0n) is 12.7. The molecule has 2 atom stereocenters. The second kappa shape index (κ2) is 7.13. The number of thioether (sulfide) groups is 1. The minimum Gasteiger partial charge on any atom is -0.374 e. The van der Waals surface area contributed by atoms with Crippen molar-refractivity contribution in [2.75, 3.05) is 36.2 Å². The predicted octanol–water partition coefficient (Wildman–Crippen LogP) is 2.39. The van der Waals surface area contributed by atoms with Gasteiger partial charge in [-0.25, -0.2) is 9.97 Å². The van der Waals surface area contributed by atoms with Crippen LogP contribution in [0.25, 0.3) is 0 Å². The Morgan fingerprint density at radius 2 is 2.25 bits per heavy atom. The van der Waals surface area contributed by atoms with Crippen LogP contribution in [0.1, 0.15) is 26.6 Å². The summed E-state index contributed by atoms with van der Waals surface area (Å²) in [6, 6.07) is 2.50. The minimum absolute atomic E-state index is 0.464. The number of anilines is 2. The number of rotatable bonds is 5. The van der Waals surface area contributed by atoms with Crippen molar-refractivity contribution in [3.63, 3.8) is 0 Å². The molecule has 0 aromatic carbocycles. The van der Waals surface area contributed by atoms with Crippen molar-refractivity contribution in [3.05, 3.63) is 11.9 Å². The quantitative estimate of drug-likeness (QED) is 0.900. The fourth-order valence-electron chi connectivity index (χ4n) is 2.27. The molecule has 0 bridgehead atoms. The van der Waals surface area contributed by atoms with Gasteiger partial charge in [0.15, 0.2) is 5.82 Å². The molecule has 5 nitrogen and oxygen atoms in total. The van der Waals surface area contributed by atoms with E-state index in [4.69, 9.17) is 4.74 Å². The Balaban J connectivity index is 2.24. The first-order valence-corrected chi connectivity index (χ1v) is 8.22. The lowest BCUT2D eigenvalue weighted by atomic mass is 10.2. The van der Waals surface area contributed by atoms with Crippen molar-refractivity contribution in [2.45, 2.75) is 38.7 Å². The van der Waals surface area contributed by atoms with Crippen LogP contribution in [0.2, 0.25) is 0 Å². The molecular weight excluding hydrogens is 272 g/mol. The van der Waals surface area contributed by atoms with Gasteiger partial charge >= 0.3 is 0 Å². The second-order valence-electron chi connectivity index (χ2n) is 4.92. The molecule has 0 spiro atoms. The Labute approximate surface area is 125 Å². The minimum atomic E-state index is 0.464. The van der Waals surface area contributed by atoms with E-state index in [0.717, 1.165) is 29.8 Å². The maximum Gasteiger partial charge on any atom is 0.158 e. The van der Waals surface area contributed by atoms with Crippen LogP contribution in [-0.4, -0.2) is 47.2 Å². The van der Waals surface area contributed by atoms with E-state index in [1.54, 1.807) is 0 Å². The second-order valence-corrected chi connectivity index (χ2v) is 6.41. The van der Waals surface area contributed by atoms with Crippen LogP contribution < -0.4 is 10.2 Å². The molecule has 2 unspecified atom stereocenters. The average molecular weight is 296 g/mol. The SMILES string of the molecule is CCOCc1nc(NC)cc(N2CCSC(C)C2C)n1. The highest BCUT2D eigenvalue weighted by atomic mass is 32.2. The smallest absolute Gasteiger partial charge is 0.158 e. The summed E-state index contributed by atoms with van der Waals surface area (Å²) in [6.45, 7) is 8.70. The number of hydrogen-bond donors (Lipinski definition) is 1. The Kier molecular flexibility index (Phi) is 5.48. The van der Waals surface area contributed by atoms with E-state index in [0.29, 0.717) is 24.5 Å². The molecule has 112 valence electrons. The third-order valence-electron chi connectivity index (χ3n) is 3.63. The molecule has 0 saturated carbocycles.